The Morgan fingerprint density at radius 1 is 1.40 bits per heavy atom. The molecule has 1 unspecified atom stereocenters. The summed E-state index contributed by atoms with van der Waals surface area (Å²) in [7, 11) is 0. The second-order valence-electron chi connectivity index (χ2n) is 3.25. The number of hydrogen-bond donors (Lipinski definition) is 1. The second-order valence-corrected chi connectivity index (χ2v) is 3.25. The quantitative estimate of drug-likeness (QED) is 0.752. The summed E-state index contributed by atoms with van der Waals surface area (Å²) in [5, 5.41) is 9.40. The SMILES string of the molecule is C=CC(O)c1ccc(C(F)(F)F)cc1C. The van der Waals surface area contributed by atoms with Crippen molar-refractivity contribution in [2.75, 3.05) is 0 Å². The predicted octanol–water partition coefficient (Wildman–Crippen LogP) is 3.23. The summed E-state index contributed by atoms with van der Waals surface area (Å²) in [6, 6.07) is 3.24. The molecule has 4 heteroatoms. The topological polar surface area (TPSA) is 20.2 Å². The van der Waals surface area contributed by atoms with Gasteiger partial charge in [-0.2, -0.15) is 13.2 Å². The van der Waals surface area contributed by atoms with Crippen LogP contribution in [0.1, 0.15) is 22.8 Å². The van der Waals surface area contributed by atoms with Crippen LogP contribution in [0.3, 0.4) is 0 Å². The third-order valence-electron chi connectivity index (χ3n) is 2.14. The number of rotatable bonds is 2. The van der Waals surface area contributed by atoms with Crippen molar-refractivity contribution in [1.82, 2.24) is 0 Å². The van der Waals surface area contributed by atoms with Crippen LogP contribution in [0.25, 0.3) is 0 Å². The average molecular weight is 216 g/mol. The van der Waals surface area contributed by atoms with Gasteiger partial charge in [-0.1, -0.05) is 12.1 Å². The van der Waals surface area contributed by atoms with E-state index in [0.29, 0.717) is 11.1 Å². The van der Waals surface area contributed by atoms with E-state index in [1.807, 2.05) is 0 Å². The third kappa shape index (κ3) is 2.59. The Hall–Kier alpha value is -1.29. The van der Waals surface area contributed by atoms with Crippen molar-refractivity contribution in [3.63, 3.8) is 0 Å². The first-order valence-electron chi connectivity index (χ1n) is 4.34. The predicted molar refractivity (Wildman–Crippen MR) is 51.3 cm³/mol. The van der Waals surface area contributed by atoms with Gasteiger partial charge in [-0.15, -0.1) is 6.58 Å². The van der Waals surface area contributed by atoms with E-state index < -0.39 is 17.8 Å². The number of halogens is 3. The highest BCUT2D eigenvalue weighted by molar-refractivity contribution is 5.35. The van der Waals surface area contributed by atoms with Gasteiger partial charge >= 0.3 is 6.18 Å². The van der Waals surface area contributed by atoms with Gasteiger partial charge in [-0.25, -0.2) is 0 Å². The molecule has 1 aromatic rings. The van der Waals surface area contributed by atoms with Crippen LogP contribution < -0.4 is 0 Å². The van der Waals surface area contributed by atoms with Crippen molar-refractivity contribution in [3.05, 3.63) is 47.5 Å². The Kier molecular flexibility index (Phi) is 3.19. The Bertz CT molecular complexity index is 369. The van der Waals surface area contributed by atoms with E-state index in [0.717, 1.165) is 12.1 Å². The number of aryl methyl sites for hydroxylation is 1. The summed E-state index contributed by atoms with van der Waals surface area (Å²) in [4.78, 5) is 0. The molecule has 0 saturated carbocycles. The Labute approximate surface area is 85.9 Å². The summed E-state index contributed by atoms with van der Waals surface area (Å²) in [5.41, 5.74) is 0.134. The molecule has 0 spiro atoms. The minimum absolute atomic E-state index is 0.400. The fraction of sp³-hybridized carbons (Fsp3) is 0.273. The zero-order chi connectivity index (χ0) is 11.6. The van der Waals surface area contributed by atoms with Crippen LogP contribution in [0.2, 0.25) is 0 Å². The lowest BCUT2D eigenvalue weighted by Crippen LogP contribution is -2.06. The molecular formula is C11H11F3O. The summed E-state index contributed by atoms with van der Waals surface area (Å²) in [6.45, 7) is 4.90. The van der Waals surface area contributed by atoms with Gasteiger partial charge in [0.1, 0.15) is 0 Å². The van der Waals surface area contributed by atoms with Gasteiger partial charge in [0.15, 0.2) is 0 Å². The molecule has 0 bridgehead atoms. The molecule has 0 saturated heterocycles. The van der Waals surface area contributed by atoms with Crippen molar-refractivity contribution in [2.45, 2.75) is 19.2 Å². The van der Waals surface area contributed by atoms with E-state index in [1.165, 1.54) is 19.1 Å². The zero-order valence-corrected chi connectivity index (χ0v) is 8.17. The Balaban J connectivity index is 3.14. The number of aliphatic hydroxyl groups is 1. The van der Waals surface area contributed by atoms with E-state index in [1.54, 1.807) is 0 Å². The first kappa shape index (κ1) is 11.8. The molecule has 0 amide bonds. The van der Waals surface area contributed by atoms with Gasteiger partial charge in [0.05, 0.1) is 11.7 Å². The highest BCUT2D eigenvalue weighted by atomic mass is 19.4. The van der Waals surface area contributed by atoms with Gasteiger partial charge in [-0.3, -0.25) is 0 Å². The van der Waals surface area contributed by atoms with E-state index in [2.05, 4.69) is 6.58 Å². The van der Waals surface area contributed by atoms with Crippen molar-refractivity contribution >= 4 is 0 Å². The zero-order valence-electron chi connectivity index (χ0n) is 8.17. The van der Waals surface area contributed by atoms with Gasteiger partial charge in [0.2, 0.25) is 0 Å². The largest absolute Gasteiger partial charge is 0.416 e. The van der Waals surface area contributed by atoms with Crippen molar-refractivity contribution in [1.29, 1.82) is 0 Å². The van der Waals surface area contributed by atoms with Crippen molar-refractivity contribution < 1.29 is 18.3 Å². The van der Waals surface area contributed by atoms with Crippen molar-refractivity contribution in [3.8, 4) is 0 Å². The standard InChI is InChI=1S/C11H11F3O/c1-3-10(15)9-5-4-8(6-7(9)2)11(12,13)14/h3-6,10,15H,1H2,2H3. The lowest BCUT2D eigenvalue weighted by molar-refractivity contribution is -0.137. The minimum atomic E-state index is -4.34. The normalized spacial score (nSPS) is 13.7. The average Bonchev–Trinajstić information content (AvgIpc) is 2.15. The fourth-order valence-electron chi connectivity index (χ4n) is 1.31. The van der Waals surface area contributed by atoms with Crippen LogP contribution in [0, 0.1) is 6.92 Å². The van der Waals surface area contributed by atoms with E-state index in [-0.39, 0.29) is 0 Å². The number of aliphatic hydroxyl groups excluding tert-OH is 1. The number of alkyl halides is 3. The van der Waals surface area contributed by atoms with Gasteiger partial charge in [-0.05, 0) is 30.2 Å². The molecule has 0 fully saturated rings. The molecule has 0 aromatic heterocycles. The maximum Gasteiger partial charge on any atom is 0.416 e. The summed E-state index contributed by atoms with van der Waals surface area (Å²) in [5.74, 6) is 0. The van der Waals surface area contributed by atoms with Crippen LogP contribution in [0.15, 0.2) is 30.9 Å². The molecule has 1 atom stereocenters. The van der Waals surface area contributed by atoms with Gasteiger partial charge < -0.3 is 5.11 Å². The highest BCUT2D eigenvalue weighted by Gasteiger charge is 2.30. The van der Waals surface area contributed by atoms with Crippen LogP contribution in [-0.2, 0) is 6.18 Å². The van der Waals surface area contributed by atoms with Gasteiger partial charge in [0, 0.05) is 0 Å². The van der Waals surface area contributed by atoms with E-state index >= 15 is 0 Å². The molecule has 1 nitrogen and oxygen atoms in total. The van der Waals surface area contributed by atoms with Crippen LogP contribution in [0.5, 0.6) is 0 Å². The second kappa shape index (κ2) is 4.06. The first-order chi connectivity index (χ1) is 6.86. The molecule has 0 aliphatic rings. The molecule has 0 radical (unpaired) electrons. The van der Waals surface area contributed by atoms with Gasteiger partial charge in [0.25, 0.3) is 0 Å². The van der Waals surface area contributed by atoms with Crippen LogP contribution in [-0.4, -0.2) is 5.11 Å². The van der Waals surface area contributed by atoms with E-state index in [9.17, 15) is 18.3 Å². The van der Waals surface area contributed by atoms with Crippen LogP contribution in [0.4, 0.5) is 13.2 Å². The maximum atomic E-state index is 12.3. The van der Waals surface area contributed by atoms with Crippen LogP contribution >= 0.6 is 0 Å². The summed E-state index contributed by atoms with van der Waals surface area (Å²) in [6.07, 6.45) is -4.00. The highest BCUT2D eigenvalue weighted by Crippen LogP contribution is 2.31. The Morgan fingerprint density at radius 2 is 2.00 bits per heavy atom. The molecule has 0 heterocycles. The minimum Gasteiger partial charge on any atom is -0.384 e. The summed E-state index contributed by atoms with van der Waals surface area (Å²) >= 11 is 0. The third-order valence-corrected chi connectivity index (χ3v) is 2.14. The lowest BCUT2D eigenvalue weighted by Gasteiger charge is -2.12. The molecule has 1 aromatic carbocycles. The molecular weight excluding hydrogens is 205 g/mol. The van der Waals surface area contributed by atoms with E-state index in [4.69, 9.17) is 0 Å². The molecule has 1 N–H and O–H groups in total. The maximum absolute atomic E-state index is 12.3. The molecule has 0 aliphatic carbocycles. The van der Waals surface area contributed by atoms with Crippen molar-refractivity contribution in [2.24, 2.45) is 0 Å². The monoisotopic (exact) mass is 216 g/mol. The fourth-order valence-corrected chi connectivity index (χ4v) is 1.31. The summed E-state index contributed by atoms with van der Waals surface area (Å²) < 4.78 is 36.9. The first-order valence-corrected chi connectivity index (χ1v) is 4.34. The number of hydrogen-bond acceptors (Lipinski definition) is 1. The lowest BCUT2D eigenvalue weighted by atomic mass is 10.0. The molecule has 15 heavy (non-hydrogen) atoms. The number of benzene rings is 1. The smallest absolute Gasteiger partial charge is 0.384 e. The molecule has 1 rings (SSSR count). The molecule has 82 valence electrons. The Morgan fingerprint density at radius 3 is 2.40 bits per heavy atom. The molecule has 0 aliphatic heterocycles.